The minimum Gasteiger partial charge on any atom is -0.479 e. The highest BCUT2D eigenvalue weighted by Crippen LogP contribution is 2.45. The Morgan fingerprint density at radius 3 is 2.53 bits per heavy atom. The number of carboxylic acid groups (broad SMARTS) is 1. The van der Waals surface area contributed by atoms with Crippen molar-refractivity contribution in [1.29, 1.82) is 0 Å². The highest BCUT2D eigenvalue weighted by atomic mass is 16.5. The molecule has 2 N–H and O–H groups in total. The number of hydrogen-bond acceptors (Lipinski definition) is 3. The average Bonchev–Trinajstić information content (AvgIpc) is 2.07. The Bertz CT molecular complexity index is 219. The second kappa shape index (κ2) is 4.94. The van der Waals surface area contributed by atoms with Crippen LogP contribution in [0.3, 0.4) is 0 Å². The summed E-state index contributed by atoms with van der Waals surface area (Å²) in [6.07, 6.45) is 1.71. The van der Waals surface area contributed by atoms with Crippen LogP contribution >= 0.6 is 0 Å². The van der Waals surface area contributed by atoms with E-state index in [9.17, 15) is 4.79 Å². The molecular formula is C11H20O4. The van der Waals surface area contributed by atoms with Gasteiger partial charge in [-0.15, -0.1) is 0 Å². The second-order valence-electron chi connectivity index (χ2n) is 4.64. The molecule has 0 aromatic carbocycles. The molecule has 4 nitrogen and oxygen atoms in total. The average molecular weight is 216 g/mol. The van der Waals surface area contributed by atoms with Crippen LogP contribution in [0.15, 0.2) is 0 Å². The Morgan fingerprint density at radius 1 is 1.53 bits per heavy atom. The van der Waals surface area contributed by atoms with E-state index in [4.69, 9.17) is 14.9 Å². The Kier molecular flexibility index (Phi) is 4.11. The lowest BCUT2D eigenvalue weighted by Gasteiger charge is -2.45. The summed E-state index contributed by atoms with van der Waals surface area (Å²) in [5.74, 6) is 0.103. The van der Waals surface area contributed by atoms with Gasteiger partial charge in [-0.3, -0.25) is 0 Å². The number of carboxylic acids is 1. The van der Waals surface area contributed by atoms with Crippen molar-refractivity contribution in [3.63, 3.8) is 0 Å². The van der Waals surface area contributed by atoms with E-state index >= 15 is 0 Å². The van der Waals surface area contributed by atoms with Gasteiger partial charge in [0.25, 0.3) is 0 Å². The van der Waals surface area contributed by atoms with Crippen LogP contribution in [-0.4, -0.2) is 35.0 Å². The van der Waals surface area contributed by atoms with Crippen molar-refractivity contribution in [3.8, 4) is 0 Å². The van der Waals surface area contributed by atoms with E-state index in [1.165, 1.54) is 0 Å². The predicted octanol–water partition coefficient (Wildman–Crippen LogP) is 1.27. The van der Waals surface area contributed by atoms with Gasteiger partial charge in [-0.25, -0.2) is 4.79 Å². The number of carbonyl (C=O) groups is 1. The van der Waals surface area contributed by atoms with Gasteiger partial charge in [0.05, 0.1) is 6.61 Å². The number of aliphatic hydroxyl groups is 1. The van der Waals surface area contributed by atoms with E-state index in [0.29, 0.717) is 37.7 Å². The fourth-order valence-corrected chi connectivity index (χ4v) is 1.94. The lowest BCUT2D eigenvalue weighted by atomic mass is 9.66. The van der Waals surface area contributed by atoms with Crippen LogP contribution in [0.1, 0.15) is 33.1 Å². The maximum atomic E-state index is 11.1. The standard InChI is InChI=1S/C11H20O4/c1-8(2)9-6-11(7-9,10(13)14)15-5-3-4-12/h8-9,12H,3-7H2,1-2H3,(H,13,14). The Hall–Kier alpha value is -0.610. The molecule has 1 saturated carbocycles. The van der Waals surface area contributed by atoms with Crippen LogP contribution in [0.25, 0.3) is 0 Å². The Labute approximate surface area is 90.2 Å². The third-order valence-electron chi connectivity index (χ3n) is 3.20. The first-order chi connectivity index (χ1) is 7.02. The van der Waals surface area contributed by atoms with E-state index in [-0.39, 0.29) is 6.61 Å². The molecule has 0 aromatic heterocycles. The van der Waals surface area contributed by atoms with Crippen molar-refractivity contribution in [2.75, 3.05) is 13.2 Å². The van der Waals surface area contributed by atoms with Gasteiger partial charge in [0.15, 0.2) is 5.60 Å². The normalized spacial score (nSPS) is 30.3. The monoisotopic (exact) mass is 216 g/mol. The fraction of sp³-hybridized carbons (Fsp3) is 0.909. The molecule has 0 atom stereocenters. The summed E-state index contributed by atoms with van der Waals surface area (Å²) in [6, 6.07) is 0. The van der Waals surface area contributed by atoms with E-state index < -0.39 is 11.6 Å². The Morgan fingerprint density at radius 2 is 2.13 bits per heavy atom. The number of aliphatic hydroxyl groups excluding tert-OH is 1. The number of hydrogen-bond donors (Lipinski definition) is 2. The summed E-state index contributed by atoms with van der Waals surface area (Å²) < 4.78 is 5.39. The summed E-state index contributed by atoms with van der Waals surface area (Å²) in [5.41, 5.74) is -0.968. The topological polar surface area (TPSA) is 66.8 Å². The van der Waals surface area contributed by atoms with E-state index in [2.05, 4.69) is 13.8 Å². The largest absolute Gasteiger partial charge is 0.479 e. The quantitative estimate of drug-likeness (QED) is 0.656. The van der Waals surface area contributed by atoms with Crippen molar-refractivity contribution in [2.24, 2.45) is 11.8 Å². The molecule has 0 heterocycles. The first-order valence-electron chi connectivity index (χ1n) is 5.50. The zero-order valence-electron chi connectivity index (χ0n) is 9.40. The van der Waals surface area contributed by atoms with Gasteiger partial charge in [0, 0.05) is 6.61 Å². The van der Waals surface area contributed by atoms with Gasteiger partial charge < -0.3 is 14.9 Å². The maximum absolute atomic E-state index is 11.1. The smallest absolute Gasteiger partial charge is 0.335 e. The molecule has 88 valence electrons. The van der Waals surface area contributed by atoms with Crippen LogP contribution < -0.4 is 0 Å². The summed E-state index contributed by atoms with van der Waals surface area (Å²) in [5, 5.41) is 17.7. The van der Waals surface area contributed by atoms with Crippen molar-refractivity contribution in [2.45, 2.75) is 38.7 Å². The van der Waals surface area contributed by atoms with Gasteiger partial charge in [-0.2, -0.15) is 0 Å². The van der Waals surface area contributed by atoms with Crippen molar-refractivity contribution in [1.82, 2.24) is 0 Å². The minimum atomic E-state index is -0.968. The summed E-state index contributed by atoms with van der Waals surface area (Å²) in [6.45, 7) is 4.57. The van der Waals surface area contributed by atoms with Crippen LogP contribution in [-0.2, 0) is 9.53 Å². The first kappa shape index (κ1) is 12.5. The second-order valence-corrected chi connectivity index (χ2v) is 4.64. The Balaban J connectivity index is 2.43. The molecular weight excluding hydrogens is 196 g/mol. The molecule has 0 spiro atoms. The van der Waals surface area contributed by atoms with Crippen molar-refractivity contribution in [3.05, 3.63) is 0 Å². The summed E-state index contributed by atoms with van der Waals surface area (Å²) in [4.78, 5) is 11.1. The summed E-state index contributed by atoms with van der Waals surface area (Å²) in [7, 11) is 0. The number of ether oxygens (including phenoxy) is 1. The minimum absolute atomic E-state index is 0.0449. The molecule has 0 aliphatic heterocycles. The lowest BCUT2D eigenvalue weighted by molar-refractivity contribution is -0.190. The molecule has 1 aliphatic rings. The van der Waals surface area contributed by atoms with Gasteiger partial charge in [-0.1, -0.05) is 13.8 Å². The van der Waals surface area contributed by atoms with Crippen LogP contribution in [0.4, 0.5) is 0 Å². The maximum Gasteiger partial charge on any atom is 0.335 e. The molecule has 15 heavy (non-hydrogen) atoms. The molecule has 0 unspecified atom stereocenters. The van der Waals surface area contributed by atoms with E-state index in [1.54, 1.807) is 0 Å². The molecule has 0 amide bonds. The van der Waals surface area contributed by atoms with Crippen LogP contribution in [0, 0.1) is 11.8 Å². The third-order valence-corrected chi connectivity index (χ3v) is 3.20. The molecule has 1 rings (SSSR count). The van der Waals surface area contributed by atoms with Crippen molar-refractivity contribution >= 4 is 5.97 Å². The fourth-order valence-electron chi connectivity index (χ4n) is 1.94. The van der Waals surface area contributed by atoms with Gasteiger partial charge in [0.2, 0.25) is 0 Å². The van der Waals surface area contributed by atoms with Crippen LogP contribution in [0.2, 0.25) is 0 Å². The predicted molar refractivity (Wildman–Crippen MR) is 55.6 cm³/mol. The van der Waals surface area contributed by atoms with Gasteiger partial charge >= 0.3 is 5.97 Å². The zero-order valence-corrected chi connectivity index (χ0v) is 9.40. The molecule has 0 radical (unpaired) electrons. The molecule has 0 bridgehead atoms. The lowest BCUT2D eigenvalue weighted by Crippen LogP contribution is -2.54. The molecule has 4 heteroatoms. The third kappa shape index (κ3) is 2.69. The number of aliphatic carboxylic acids is 1. The zero-order chi connectivity index (χ0) is 11.5. The SMILES string of the molecule is CC(C)C1CC(OCCCO)(C(=O)O)C1. The van der Waals surface area contributed by atoms with Crippen LogP contribution in [0.5, 0.6) is 0 Å². The van der Waals surface area contributed by atoms with Crippen molar-refractivity contribution < 1.29 is 19.7 Å². The molecule has 1 fully saturated rings. The first-order valence-corrected chi connectivity index (χ1v) is 5.50. The molecule has 1 aliphatic carbocycles. The summed E-state index contributed by atoms with van der Waals surface area (Å²) >= 11 is 0. The number of rotatable bonds is 6. The van der Waals surface area contributed by atoms with E-state index in [1.807, 2.05) is 0 Å². The molecule has 0 aromatic rings. The molecule has 0 saturated heterocycles. The van der Waals surface area contributed by atoms with Gasteiger partial charge in [-0.05, 0) is 31.1 Å². The highest BCUT2D eigenvalue weighted by Gasteiger charge is 2.52. The highest BCUT2D eigenvalue weighted by molar-refractivity contribution is 5.78. The van der Waals surface area contributed by atoms with E-state index in [0.717, 1.165) is 0 Å². The van der Waals surface area contributed by atoms with Gasteiger partial charge in [0.1, 0.15) is 0 Å².